The zero-order valence-corrected chi connectivity index (χ0v) is 16.8. The van der Waals surface area contributed by atoms with Crippen molar-refractivity contribution < 1.29 is 13.9 Å². The van der Waals surface area contributed by atoms with Gasteiger partial charge < -0.3 is 14.6 Å². The number of aryl methyl sites for hydroxylation is 1. The number of ether oxygens (including phenoxy) is 1. The van der Waals surface area contributed by atoms with E-state index in [4.69, 9.17) is 4.74 Å². The largest absolute Gasteiger partial charge is 0.497 e. The summed E-state index contributed by atoms with van der Waals surface area (Å²) in [5.41, 5.74) is 0.740. The fourth-order valence-electron chi connectivity index (χ4n) is 3.63. The van der Waals surface area contributed by atoms with Crippen LogP contribution in [0.1, 0.15) is 30.9 Å². The van der Waals surface area contributed by atoms with Crippen LogP contribution in [-0.4, -0.2) is 27.9 Å². The molecular formula is C22H24FN5O2. The molecule has 0 atom stereocenters. The van der Waals surface area contributed by atoms with Crippen molar-refractivity contribution in [2.24, 2.45) is 0 Å². The second-order valence-electron chi connectivity index (χ2n) is 7.19. The number of urea groups is 1. The lowest BCUT2D eigenvalue weighted by Crippen LogP contribution is -2.36. The molecule has 1 aliphatic rings. The van der Waals surface area contributed by atoms with E-state index in [1.165, 1.54) is 11.0 Å². The van der Waals surface area contributed by atoms with Crippen LogP contribution in [0, 0.1) is 5.82 Å². The van der Waals surface area contributed by atoms with Crippen molar-refractivity contribution in [3.63, 3.8) is 0 Å². The Kier molecular flexibility index (Phi) is 5.92. The minimum Gasteiger partial charge on any atom is -0.497 e. The number of carbonyl (C=O) groups excluding carboxylic acids is 1. The van der Waals surface area contributed by atoms with E-state index in [0.717, 1.165) is 38.1 Å². The normalized spacial score (nSPS) is 13.3. The van der Waals surface area contributed by atoms with E-state index in [2.05, 4.69) is 20.1 Å². The van der Waals surface area contributed by atoms with E-state index in [-0.39, 0.29) is 12.2 Å². The van der Waals surface area contributed by atoms with Gasteiger partial charge in [-0.25, -0.2) is 9.18 Å². The Balaban J connectivity index is 1.64. The summed E-state index contributed by atoms with van der Waals surface area (Å²) in [4.78, 5) is 14.5. The standard InChI is InChI=1S/C22H24FN5O2/c1-30-17-9-7-8-16(14-17)24-22(29)28(19-11-5-4-10-18(19)23)15-21-26-25-20-12-3-2-6-13-27(20)21/h4-5,7-11,14H,2-3,6,12-13,15H2,1H3,(H,24,29). The van der Waals surface area contributed by atoms with Crippen molar-refractivity contribution in [1.29, 1.82) is 0 Å². The molecule has 4 rings (SSSR count). The summed E-state index contributed by atoms with van der Waals surface area (Å²) in [5.74, 6) is 1.71. The Morgan fingerprint density at radius 3 is 2.87 bits per heavy atom. The number of para-hydroxylation sites is 1. The number of rotatable bonds is 5. The lowest BCUT2D eigenvalue weighted by Gasteiger charge is -2.24. The Hall–Kier alpha value is -3.42. The van der Waals surface area contributed by atoms with Crippen LogP contribution in [0.15, 0.2) is 48.5 Å². The highest BCUT2D eigenvalue weighted by Crippen LogP contribution is 2.24. The third kappa shape index (κ3) is 4.27. The summed E-state index contributed by atoms with van der Waals surface area (Å²) < 4.78 is 21.9. The molecule has 30 heavy (non-hydrogen) atoms. The molecule has 1 aliphatic heterocycles. The van der Waals surface area contributed by atoms with Crippen molar-refractivity contribution in [3.8, 4) is 5.75 Å². The number of hydrogen-bond acceptors (Lipinski definition) is 4. The predicted octanol–water partition coefficient (Wildman–Crippen LogP) is 4.39. The van der Waals surface area contributed by atoms with Gasteiger partial charge in [0.15, 0.2) is 5.82 Å². The average Bonchev–Trinajstić information content (AvgIpc) is 2.98. The third-order valence-electron chi connectivity index (χ3n) is 5.20. The number of amides is 2. The van der Waals surface area contributed by atoms with Crippen LogP contribution in [0.4, 0.5) is 20.6 Å². The molecule has 1 aromatic heterocycles. The van der Waals surface area contributed by atoms with Crippen molar-refractivity contribution in [1.82, 2.24) is 14.8 Å². The highest BCUT2D eigenvalue weighted by molar-refractivity contribution is 6.01. The summed E-state index contributed by atoms with van der Waals surface area (Å²) in [7, 11) is 1.56. The summed E-state index contributed by atoms with van der Waals surface area (Å²) >= 11 is 0. The lowest BCUT2D eigenvalue weighted by atomic mass is 10.2. The predicted molar refractivity (Wildman–Crippen MR) is 112 cm³/mol. The number of fused-ring (bicyclic) bond motifs is 1. The fraction of sp³-hybridized carbons (Fsp3) is 0.318. The minimum atomic E-state index is -0.478. The van der Waals surface area contributed by atoms with Gasteiger partial charge in [-0.3, -0.25) is 4.90 Å². The number of nitrogens with one attached hydrogen (secondary N) is 1. The molecule has 2 amide bonds. The second-order valence-corrected chi connectivity index (χ2v) is 7.19. The van der Waals surface area contributed by atoms with Crippen LogP contribution in [0.25, 0.3) is 0 Å². The van der Waals surface area contributed by atoms with Gasteiger partial charge in [-0.15, -0.1) is 10.2 Å². The van der Waals surface area contributed by atoms with Gasteiger partial charge in [0.2, 0.25) is 0 Å². The molecule has 0 spiro atoms. The Morgan fingerprint density at radius 1 is 1.17 bits per heavy atom. The number of aromatic nitrogens is 3. The molecule has 1 N–H and O–H groups in total. The molecule has 0 aliphatic carbocycles. The lowest BCUT2D eigenvalue weighted by molar-refractivity contribution is 0.256. The first-order chi connectivity index (χ1) is 14.7. The van der Waals surface area contributed by atoms with Crippen LogP contribution in [-0.2, 0) is 19.5 Å². The maximum absolute atomic E-state index is 14.6. The highest BCUT2D eigenvalue weighted by Gasteiger charge is 2.24. The van der Waals surface area contributed by atoms with Gasteiger partial charge in [0.1, 0.15) is 17.4 Å². The first kappa shape index (κ1) is 19.9. The second kappa shape index (κ2) is 8.94. The summed E-state index contributed by atoms with van der Waals surface area (Å²) in [6, 6.07) is 12.8. The van der Waals surface area contributed by atoms with Crippen molar-refractivity contribution in [3.05, 3.63) is 66.0 Å². The van der Waals surface area contributed by atoms with Crippen molar-refractivity contribution in [2.45, 2.75) is 38.8 Å². The summed E-state index contributed by atoms with van der Waals surface area (Å²) in [6.07, 6.45) is 4.11. The quantitative estimate of drug-likeness (QED) is 0.678. The van der Waals surface area contributed by atoms with E-state index in [1.54, 1.807) is 49.6 Å². The summed E-state index contributed by atoms with van der Waals surface area (Å²) in [5, 5.41) is 11.4. The maximum Gasteiger partial charge on any atom is 0.326 e. The van der Waals surface area contributed by atoms with E-state index < -0.39 is 11.8 Å². The minimum absolute atomic E-state index is 0.115. The van der Waals surface area contributed by atoms with Crippen LogP contribution >= 0.6 is 0 Å². The van der Waals surface area contributed by atoms with Gasteiger partial charge in [-0.2, -0.15) is 0 Å². The number of hydrogen-bond donors (Lipinski definition) is 1. The van der Waals surface area contributed by atoms with Gasteiger partial charge in [0.05, 0.1) is 19.3 Å². The van der Waals surface area contributed by atoms with E-state index in [1.807, 2.05) is 0 Å². The number of methoxy groups -OCH3 is 1. The van der Waals surface area contributed by atoms with Crippen LogP contribution in [0.2, 0.25) is 0 Å². The highest BCUT2D eigenvalue weighted by atomic mass is 19.1. The topological polar surface area (TPSA) is 72.3 Å². The molecule has 2 aromatic carbocycles. The van der Waals surface area contributed by atoms with Gasteiger partial charge in [-0.05, 0) is 37.1 Å². The number of nitrogens with zero attached hydrogens (tertiary/aromatic N) is 4. The number of halogens is 1. The van der Waals surface area contributed by atoms with Gasteiger partial charge in [0.25, 0.3) is 0 Å². The van der Waals surface area contributed by atoms with Crippen LogP contribution < -0.4 is 15.0 Å². The van der Waals surface area contributed by atoms with E-state index >= 15 is 0 Å². The molecule has 7 nitrogen and oxygen atoms in total. The summed E-state index contributed by atoms with van der Waals surface area (Å²) in [6.45, 7) is 0.921. The molecule has 156 valence electrons. The molecule has 0 saturated heterocycles. The van der Waals surface area contributed by atoms with Gasteiger partial charge >= 0.3 is 6.03 Å². The number of anilines is 2. The number of benzene rings is 2. The first-order valence-corrected chi connectivity index (χ1v) is 10.0. The van der Waals surface area contributed by atoms with E-state index in [0.29, 0.717) is 17.3 Å². The van der Waals surface area contributed by atoms with E-state index in [9.17, 15) is 9.18 Å². The van der Waals surface area contributed by atoms with Crippen molar-refractivity contribution >= 4 is 17.4 Å². The number of carbonyl (C=O) groups is 1. The molecule has 0 radical (unpaired) electrons. The van der Waals surface area contributed by atoms with Crippen LogP contribution in [0.5, 0.6) is 5.75 Å². The third-order valence-corrected chi connectivity index (χ3v) is 5.20. The molecular weight excluding hydrogens is 385 g/mol. The van der Waals surface area contributed by atoms with Gasteiger partial charge in [0, 0.05) is 24.7 Å². The zero-order valence-electron chi connectivity index (χ0n) is 16.8. The smallest absolute Gasteiger partial charge is 0.326 e. The molecule has 2 heterocycles. The first-order valence-electron chi connectivity index (χ1n) is 10.0. The molecule has 0 bridgehead atoms. The maximum atomic E-state index is 14.6. The zero-order chi connectivity index (χ0) is 20.9. The van der Waals surface area contributed by atoms with Crippen LogP contribution in [0.3, 0.4) is 0 Å². The molecule has 0 saturated carbocycles. The van der Waals surface area contributed by atoms with Gasteiger partial charge in [-0.1, -0.05) is 24.6 Å². The van der Waals surface area contributed by atoms with Crippen molar-refractivity contribution in [2.75, 3.05) is 17.3 Å². The Morgan fingerprint density at radius 2 is 2.03 bits per heavy atom. The average molecular weight is 409 g/mol. The monoisotopic (exact) mass is 409 g/mol. The molecule has 8 heteroatoms. The molecule has 0 unspecified atom stereocenters. The fourth-order valence-corrected chi connectivity index (χ4v) is 3.63. The molecule has 3 aromatic rings. The molecule has 0 fully saturated rings. The Labute approximate surface area is 174 Å². The Bertz CT molecular complexity index is 1040. The SMILES string of the molecule is COc1cccc(NC(=O)N(Cc2nnc3n2CCCCC3)c2ccccc2F)c1.